The topological polar surface area (TPSA) is 29.5 Å². The molecule has 1 atom stereocenters. The van der Waals surface area contributed by atoms with Crippen LogP contribution in [0.15, 0.2) is 28.7 Å². The maximum Gasteiger partial charge on any atom is 0.119 e. The lowest BCUT2D eigenvalue weighted by molar-refractivity contribution is 0.102. The largest absolute Gasteiger partial charge is 0.494 e. The van der Waals surface area contributed by atoms with E-state index in [9.17, 15) is 5.11 Å². The maximum atomic E-state index is 9.39. The number of benzene rings is 1. The van der Waals surface area contributed by atoms with Crippen LogP contribution >= 0.6 is 15.9 Å². The molecule has 2 nitrogen and oxygen atoms in total. The predicted molar refractivity (Wildman–Crippen MR) is 74.4 cm³/mol. The highest BCUT2D eigenvalue weighted by Gasteiger charge is 2.22. The minimum atomic E-state index is -0.00981. The normalized spacial score (nSPS) is 14.4. The van der Waals surface area contributed by atoms with Crippen molar-refractivity contribution in [2.75, 3.05) is 13.2 Å². The van der Waals surface area contributed by atoms with Gasteiger partial charge in [0.15, 0.2) is 0 Å². The zero-order valence-electron chi connectivity index (χ0n) is 10.6. The first-order chi connectivity index (χ1) is 8.09. The summed E-state index contributed by atoms with van der Waals surface area (Å²) in [6, 6.07) is 7.82. The molecule has 17 heavy (non-hydrogen) atoms. The number of hydrogen-bond acceptors (Lipinski definition) is 2. The van der Waals surface area contributed by atoms with E-state index in [1.807, 2.05) is 24.3 Å². The standard InChI is InChI=1S/C14H21BrO2/c1-3-8-14(2,11-16)9-10-17-13-6-4-12(15)5-7-13/h4-7,16H,3,8-11H2,1-2H3. The second-order valence-corrected chi connectivity index (χ2v) is 5.69. The Morgan fingerprint density at radius 2 is 1.88 bits per heavy atom. The van der Waals surface area contributed by atoms with E-state index in [-0.39, 0.29) is 12.0 Å². The molecule has 0 saturated heterocycles. The molecule has 0 aliphatic rings. The molecule has 3 heteroatoms. The van der Waals surface area contributed by atoms with Gasteiger partial charge in [-0.15, -0.1) is 0 Å². The Balaban J connectivity index is 2.38. The SMILES string of the molecule is CCCC(C)(CO)CCOc1ccc(Br)cc1. The molecule has 1 rings (SSSR count). The first-order valence-corrected chi connectivity index (χ1v) is 6.88. The van der Waals surface area contributed by atoms with Gasteiger partial charge in [-0.25, -0.2) is 0 Å². The third-order valence-electron chi connectivity index (χ3n) is 3.02. The van der Waals surface area contributed by atoms with E-state index in [2.05, 4.69) is 29.8 Å². The van der Waals surface area contributed by atoms with Crippen LogP contribution in [0.3, 0.4) is 0 Å². The molecular formula is C14H21BrO2. The summed E-state index contributed by atoms with van der Waals surface area (Å²) >= 11 is 3.39. The molecule has 0 aromatic heterocycles. The number of aliphatic hydroxyl groups excluding tert-OH is 1. The van der Waals surface area contributed by atoms with E-state index in [0.717, 1.165) is 29.5 Å². The van der Waals surface area contributed by atoms with Crippen molar-refractivity contribution in [3.05, 3.63) is 28.7 Å². The third-order valence-corrected chi connectivity index (χ3v) is 3.55. The van der Waals surface area contributed by atoms with E-state index in [1.54, 1.807) is 0 Å². The van der Waals surface area contributed by atoms with Gasteiger partial charge in [-0.05, 0) is 42.5 Å². The Bertz CT molecular complexity index is 323. The average molecular weight is 301 g/mol. The van der Waals surface area contributed by atoms with Crippen LogP contribution in [-0.2, 0) is 0 Å². The molecule has 0 aliphatic carbocycles. The van der Waals surface area contributed by atoms with Crippen LogP contribution in [0, 0.1) is 5.41 Å². The average Bonchev–Trinajstić information content (AvgIpc) is 2.32. The van der Waals surface area contributed by atoms with Crippen LogP contribution in [0.1, 0.15) is 33.1 Å². The fourth-order valence-electron chi connectivity index (χ4n) is 1.83. The smallest absolute Gasteiger partial charge is 0.119 e. The van der Waals surface area contributed by atoms with Gasteiger partial charge in [0.1, 0.15) is 5.75 Å². The highest BCUT2D eigenvalue weighted by Crippen LogP contribution is 2.27. The van der Waals surface area contributed by atoms with E-state index >= 15 is 0 Å². The summed E-state index contributed by atoms with van der Waals surface area (Å²) in [4.78, 5) is 0. The van der Waals surface area contributed by atoms with Crippen molar-refractivity contribution in [2.45, 2.75) is 33.1 Å². The zero-order valence-corrected chi connectivity index (χ0v) is 12.2. The van der Waals surface area contributed by atoms with Crippen molar-refractivity contribution in [1.29, 1.82) is 0 Å². The van der Waals surface area contributed by atoms with Crippen molar-refractivity contribution >= 4 is 15.9 Å². The molecule has 1 unspecified atom stereocenters. The molecule has 0 bridgehead atoms. The number of rotatable bonds is 7. The van der Waals surface area contributed by atoms with E-state index in [4.69, 9.17) is 4.74 Å². The minimum absolute atomic E-state index is 0.00981. The second-order valence-electron chi connectivity index (χ2n) is 4.77. The number of aliphatic hydroxyl groups is 1. The van der Waals surface area contributed by atoms with Crippen LogP contribution in [0.5, 0.6) is 5.75 Å². The Kier molecular flexibility index (Phi) is 6.00. The molecule has 96 valence electrons. The van der Waals surface area contributed by atoms with Gasteiger partial charge < -0.3 is 9.84 Å². The minimum Gasteiger partial charge on any atom is -0.494 e. The van der Waals surface area contributed by atoms with Gasteiger partial charge in [0, 0.05) is 11.1 Å². The van der Waals surface area contributed by atoms with Crippen molar-refractivity contribution in [3.63, 3.8) is 0 Å². The van der Waals surface area contributed by atoms with Gasteiger partial charge in [0.25, 0.3) is 0 Å². The molecule has 0 aliphatic heterocycles. The second kappa shape index (κ2) is 7.02. The number of halogens is 1. The summed E-state index contributed by atoms with van der Waals surface area (Å²) in [5.74, 6) is 0.880. The lowest BCUT2D eigenvalue weighted by Crippen LogP contribution is -2.23. The summed E-state index contributed by atoms with van der Waals surface area (Å²) in [6.45, 7) is 5.13. The van der Waals surface area contributed by atoms with Gasteiger partial charge in [-0.1, -0.05) is 36.2 Å². The van der Waals surface area contributed by atoms with Crippen molar-refractivity contribution < 1.29 is 9.84 Å². The molecule has 0 radical (unpaired) electrons. The Labute approximate surface area is 112 Å². The van der Waals surface area contributed by atoms with Crippen molar-refractivity contribution in [1.82, 2.24) is 0 Å². The predicted octanol–water partition coefficient (Wildman–Crippen LogP) is 4.02. The lowest BCUT2D eigenvalue weighted by atomic mass is 9.83. The summed E-state index contributed by atoms with van der Waals surface area (Å²) in [5.41, 5.74) is -0.00981. The van der Waals surface area contributed by atoms with E-state index in [0.29, 0.717) is 6.61 Å². The summed E-state index contributed by atoms with van der Waals surface area (Å²) in [6.07, 6.45) is 3.01. The third kappa shape index (κ3) is 5.09. The van der Waals surface area contributed by atoms with Gasteiger partial charge in [0.2, 0.25) is 0 Å². The molecular weight excluding hydrogens is 280 g/mol. The lowest BCUT2D eigenvalue weighted by Gasteiger charge is -2.26. The molecule has 0 saturated carbocycles. The van der Waals surface area contributed by atoms with E-state index in [1.165, 1.54) is 0 Å². The van der Waals surface area contributed by atoms with Crippen molar-refractivity contribution in [3.8, 4) is 5.75 Å². The molecule has 1 aromatic rings. The number of ether oxygens (including phenoxy) is 1. The first-order valence-electron chi connectivity index (χ1n) is 6.09. The summed E-state index contributed by atoms with van der Waals surface area (Å²) < 4.78 is 6.72. The molecule has 0 fully saturated rings. The number of hydrogen-bond donors (Lipinski definition) is 1. The molecule has 1 aromatic carbocycles. The molecule has 0 heterocycles. The first kappa shape index (κ1) is 14.5. The molecule has 0 spiro atoms. The van der Waals surface area contributed by atoms with Crippen LogP contribution in [0.4, 0.5) is 0 Å². The summed E-state index contributed by atoms with van der Waals surface area (Å²) in [5, 5.41) is 9.39. The van der Waals surface area contributed by atoms with Crippen LogP contribution in [-0.4, -0.2) is 18.3 Å². The Hall–Kier alpha value is -0.540. The Morgan fingerprint density at radius 1 is 1.24 bits per heavy atom. The fourth-order valence-corrected chi connectivity index (χ4v) is 2.10. The van der Waals surface area contributed by atoms with Gasteiger partial charge in [-0.3, -0.25) is 0 Å². The van der Waals surface area contributed by atoms with Crippen LogP contribution < -0.4 is 4.74 Å². The summed E-state index contributed by atoms with van der Waals surface area (Å²) in [7, 11) is 0. The highest BCUT2D eigenvalue weighted by atomic mass is 79.9. The van der Waals surface area contributed by atoms with E-state index < -0.39 is 0 Å². The zero-order chi connectivity index (χ0) is 12.7. The van der Waals surface area contributed by atoms with Crippen molar-refractivity contribution in [2.24, 2.45) is 5.41 Å². The van der Waals surface area contributed by atoms with Gasteiger partial charge >= 0.3 is 0 Å². The monoisotopic (exact) mass is 300 g/mol. The van der Waals surface area contributed by atoms with Crippen LogP contribution in [0.25, 0.3) is 0 Å². The Morgan fingerprint density at radius 3 is 2.41 bits per heavy atom. The highest BCUT2D eigenvalue weighted by molar-refractivity contribution is 9.10. The van der Waals surface area contributed by atoms with Gasteiger partial charge in [0.05, 0.1) is 6.61 Å². The molecule has 1 N–H and O–H groups in total. The fraction of sp³-hybridized carbons (Fsp3) is 0.571. The van der Waals surface area contributed by atoms with Gasteiger partial charge in [-0.2, -0.15) is 0 Å². The molecule has 0 amide bonds. The quantitative estimate of drug-likeness (QED) is 0.824. The van der Waals surface area contributed by atoms with Crippen LogP contribution in [0.2, 0.25) is 0 Å². The maximum absolute atomic E-state index is 9.39.